The second kappa shape index (κ2) is 9.79. The van der Waals surface area contributed by atoms with Crippen LogP contribution in [0.1, 0.15) is 37.4 Å². The van der Waals surface area contributed by atoms with Crippen LogP contribution >= 0.6 is 11.6 Å². The van der Waals surface area contributed by atoms with Crippen LogP contribution in [0.2, 0.25) is 5.02 Å². The molecule has 163 valence electrons. The molecule has 0 spiro atoms. The number of benzene rings is 3. The van der Waals surface area contributed by atoms with Crippen LogP contribution in [-0.4, -0.2) is 8.42 Å². The molecule has 0 saturated carbocycles. The Morgan fingerprint density at radius 1 is 1.03 bits per heavy atom. The Labute approximate surface area is 187 Å². The number of nitrogens with zero attached hydrogens (tertiary/aromatic N) is 1. The molecule has 3 rings (SSSR count). The third kappa shape index (κ3) is 5.08. The molecule has 0 aromatic heterocycles. The second-order valence-corrected chi connectivity index (χ2v) is 9.42. The van der Waals surface area contributed by atoms with E-state index in [-0.39, 0.29) is 10.6 Å². The van der Waals surface area contributed by atoms with Gasteiger partial charge < -0.3 is 0 Å². The van der Waals surface area contributed by atoms with Crippen LogP contribution in [-0.2, 0) is 16.4 Å². The molecule has 0 saturated heterocycles. The lowest BCUT2D eigenvalue weighted by Gasteiger charge is -2.32. The van der Waals surface area contributed by atoms with Crippen molar-refractivity contribution in [3.63, 3.8) is 0 Å². The lowest BCUT2D eigenvalue weighted by Crippen LogP contribution is -2.35. The number of hydrogen-bond acceptors (Lipinski definition) is 2. The fourth-order valence-corrected chi connectivity index (χ4v) is 5.28. The van der Waals surface area contributed by atoms with Crippen LogP contribution in [0.3, 0.4) is 0 Å². The van der Waals surface area contributed by atoms with Crippen LogP contribution in [0.5, 0.6) is 0 Å². The minimum Gasteiger partial charge on any atom is -0.256 e. The summed E-state index contributed by atoms with van der Waals surface area (Å²) in [6, 6.07) is 15.0. The molecule has 0 aliphatic rings. The third-order valence-electron chi connectivity index (χ3n) is 5.08. The molecule has 1 atom stereocenters. The van der Waals surface area contributed by atoms with Crippen molar-refractivity contribution in [3.8, 4) is 0 Å². The first kappa shape index (κ1) is 23.2. The highest BCUT2D eigenvalue weighted by molar-refractivity contribution is 7.92. The number of aryl methyl sites for hydroxylation is 1. The minimum atomic E-state index is -4.23. The molecule has 3 nitrogen and oxygen atoms in total. The van der Waals surface area contributed by atoms with Crippen LogP contribution in [0.4, 0.5) is 14.5 Å². The van der Waals surface area contributed by atoms with Gasteiger partial charge in [-0.3, -0.25) is 4.31 Å². The second-order valence-electron chi connectivity index (χ2n) is 7.17. The fraction of sp³-hybridized carbons (Fsp3) is 0.208. The molecule has 0 aliphatic heterocycles. The molecule has 1 radical (unpaired) electrons. The summed E-state index contributed by atoms with van der Waals surface area (Å²) in [7, 11) is -4.23. The first-order chi connectivity index (χ1) is 14.8. The lowest BCUT2D eigenvalue weighted by molar-refractivity contribution is 0.570. The van der Waals surface area contributed by atoms with E-state index in [4.69, 9.17) is 11.6 Å². The van der Waals surface area contributed by atoms with Crippen molar-refractivity contribution < 1.29 is 17.2 Å². The van der Waals surface area contributed by atoms with Gasteiger partial charge in [-0.05, 0) is 73.7 Å². The minimum absolute atomic E-state index is 0.0632. The highest BCUT2D eigenvalue weighted by Gasteiger charge is 2.33. The van der Waals surface area contributed by atoms with Crippen molar-refractivity contribution in [1.82, 2.24) is 0 Å². The van der Waals surface area contributed by atoms with E-state index >= 15 is 0 Å². The van der Waals surface area contributed by atoms with Gasteiger partial charge in [-0.1, -0.05) is 42.8 Å². The summed E-state index contributed by atoms with van der Waals surface area (Å²) < 4.78 is 57.1. The Hall–Kier alpha value is -2.44. The van der Waals surface area contributed by atoms with Gasteiger partial charge in [0.2, 0.25) is 0 Å². The maximum absolute atomic E-state index is 14.8. The summed E-state index contributed by atoms with van der Waals surface area (Å²) >= 11 is 5.91. The van der Waals surface area contributed by atoms with Gasteiger partial charge in [0.25, 0.3) is 10.0 Å². The molecular weight excluding hydrogens is 440 g/mol. The van der Waals surface area contributed by atoms with Crippen molar-refractivity contribution >= 4 is 27.3 Å². The highest BCUT2D eigenvalue weighted by Crippen LogP contribution is 2.37. The van der Waals surface area contributed by atoms with Gasteiger partial charge in [-0.2, -0.15) is 0 Å². The van der Waals surface area contributed by atoms with E-state index in [0.29, 0.717) is 11.4 Å². The summed E-state index contributed by atoms with van der Waals surface area (Å²) in [5.41, 5.74) is 1.33. The molecule has 0 fully saturated rings. The van der Waals surface area contributed by atoms with Crippen molar-refractivity contribution in [2.75, 3.05) is 4.31 Å². The quantitative estimate of drug-likeness (QED) is 0.372. The summed E-state index contributed by atoms with van der Waals surface area (Å²) in [6.45, 7) is 3.62. The first-order valence-electron chi connectivity index (χ1n) is 9.86. The predicted molar refractivity (Wildman–Crippen MR) is 121 cm³/mol. The number of hydrogen-bond donors (Lipinski definition) is 0. The Kier molecular flexibility index (Phi) is 7.34. The molecule has 7 heteroatoms. The lowest BCUT2D eigenvalue weighted by atomic mass is 9.97. The highest BCUT2D eigenvalue weighted by atomic mass is 35.5. The number of anilines is 1. The number of rotatable bonds is 8. The van der Waals surface area contributed by atoms with Crippen LogP contribution in [0.15, 0.2) is 71.6 Å². The smallest absolute Gasteiger partial charge is 0.256 e. The van der Waals surface area contributed by atoms with Crippen LogP contribution < -0.4 is 4.31 Å². The van der Waals surface area contributed by atoms with Crippen LogP contribution in [0, 0.1) is 18.1 Å². The zero-order valence-electron chi connectivity index (χ0n) is 17.2. The van der Waals surface area contributed by atoms with E-state index in [0.717, 1.165) is 40.1 Å². The van der Waals surface area contributed by atoms with E-state index in [1.54, 1.807) is 13.0 Å². The Morgan fingerprint density at radius 3 is 2.39 bits per heavy atom. The normalized spacial score (nSPS) is 12.5. The van der Waals surface area contributed by atoms with E-state index in [1.165, 1.54) is 24.3 Å². The number of unbranched alkanes of at least 4 members (excludes halogenated alkanes) is 1. The summed E-state index contributed by atoms with van der Waals surface area (Å²) in [5.74, 6) is -1.56. The van der Waals surface area contributed by atoms with Crippen LogP contribution in [0.25, 0.3) is 0 Å². The predicted octanol–water partition coefficient (Wildman–Crippen LogP) is 6.73. The van der Waals surface area contributed by atoms with Crippen molar-refractivity contribution in [1.29, 1.82) is 0 Å². The monoisotopic (exact) mass is 462 g/mol. The first-order valence-corrected chi connectivity index (χ1v) is 11.7. The van der Waals surface area contributed by atoms with Gasteiger partial charge >= 0.3 is 0 Å². The Bertz CT molecular complexity index is 1150. The molecule has 3 aromatic carbocycles. The summed E-state index contributed by atoms with van der Waals surface area (Å²) in [4.78, 5) is -0.0632. The van der Waals surface area contributed by atoms with Gasteiger partial charge in [-0.15, -0.1) is 0 Å². The van der Waals surface area contributed by atoms with Gasteiger partial charge in [0.15, 0.2) is 0 Å². The van der Waals surface area contributed by atoms with E-state index in [1.807, 2.05) is 31.5 Å². The molecule has 0 amide bonds. The molecular formula is C24H23ClF2NO2S. The molecule has 31 heavy (non-hydrogen) atoms. The zero-order valence-corrected chi connectivity index (χ0v) is 18.8. The third-order valence-corrected chi connectivity index (χ3v) is 7.23. The Morgan fingerprint density at radius 2 is 1.71 bits per heavy atom. The maximum atomic E-state index is 14.8. The standard InChI is InChI=1S/C24H23ClF2NO2S/c1-3-4-7-18-8-5-6-9-22(18)17(2)28(24-16-20(26)12-15-23(24)27)31(29,30)21-13-10-19(25)11-14-21/h3,5-6,8-17H,4,7H2,1-2H3/t17-/m1/s1. The molecule has 0 aliphatic carbocycles. The maximum Gasteiger partial charge on any atom is 0.264 e. The molecule has 0 N–H and O–H groups in total. The van der Waals surface area contributed by atoms with E-state index in [2.05, 4.69) is 0 Å². The Balaban J connectivity index is 2.20. The van der Waals surface area contributed by atoms with Crippen molar-refractivity contribution in [2.24, 2.45) is 0 Å². The van der Waals surface area contributed by atoms with Crippen molar-refractivity contribution in [3.05, 3.63) is 101 Å². The summed E-state index contributed by atoms with van der Waals surface area (Å²) in [6.07, 6.45) is 3.54. The average molecular weight is 463 g/mol. The summed E-state index contributed by atoms with van der Waals surface area (Å²) in [5, 5.41) is 0.372. The van der Waals surface area contributed by atoms with Gasteiger partial charge in [0.05, 0.1) is 16.6 Å². The zero-order chi connectivity index (χ0) is 22.6. The number of sulfonamides is 1. The van der Waals surface area contributed by atoms with E-state index < -0.39 is 27.7 Å². The SMILES string of the molecule is C[CH]CCc1ccccc1[C@@H](C)N(c1cc(F)ccc1F)S(=O)(=O)c1ccc(Cl)cc1. The van der Waals surface area contributed by atoms with Gasteiger partial charge in [0.1, 0.15) is 11.6 Å². The molecule has 0 unspecified atom stereocenters. The molecule has 0 heterocycles. The number of halogens is 3. The van der Waals surface area contributed by atoms with Crippen molar-refractivity contribution in [2.45, 2.75) is 37.6 Å². The molecule has 3 aromatic rings. The van der Waals surface area contributed by atoms with E-state index in [9.17, 15) is 17.2 Å². The fourth-order valence-electron chi connectivity index (χ4n) is 3.52. The largest absolute Gasteiger partial charge is 0.264 e. The average Bonchev–Trinajstić information content (AvgIpc) is 2.75. The van der Waals surface area contributed by atoms with Gasteiger partial charge in [0, 0.05) is 11.1 Å². The molecule has 0 bridgehead atoms. The topological polar surface area (TPSA) is 37.4 Å². The van der Waals surface area contributed by atoms with Gasteiger partial charge in [-0.25, -0.2) is 17.2 Å².